The van der Waals surface area contributed by atoms with Crippen LogP contribution in [0.15, 0.2) is 78.6 Å². The van der Waals surface area contributed by atoms with E-state index in [1.54, 1.807) is 23.6 Å². The third-order valence-electron chi connectivity index (χ3n) is 13.3. The number of carbonyl (C=O) groups excluding carboxylic acids is 5. The first-order chi connectivity index (χ1) is 35.6. The number of aliphatic hydroxyl groups excluding tert-OH is 1. The number of nitrogens with zero attached hydrogens (tertiary/aromatic N) is 5. The molecule has 3 atom stereocenters. The van der Waals surface area contributed by atoms with Gasteiger partial charge in [-0.15, -0.1) is 11.3 Å². The molecule has 0 bridgehead atoms. The highest BCUT2D eigenvalue weighted by Gasteiger charge is 2.44. The monoisotopic (exact) mass is 1040 g/mol. The summed E-state index contributed by atoms with van der Waals surface area (Å²) in [7, 11) is 0. The predicted octanol–water partition coefficient (Wildman–Crippen LogP) is 9.77. The number of likely N-dealkylation sites (tertiary alicyclic amines) is 1. The number of hydrogen-bond donors (Lipinski definition) is 5. The molecule has 2 aliphatic rings. The van der Waals surface area contributed by atoms with Gasteiger partial charge in [-0.1, -0.05) is 81.7 Å². The number of amides is 5. The van der Waals surface area contributed by atoms with Gasteiger partial charge in [-0.2, -0.15) is 0 Å². The Kier molecular flexibility index (Phi) is 17.7. The van der Waals surface area contributed by atoms with E-state index in [0.717, 1.165) is 88.0 Å². The van der Waals surface area contributed by atoms with Crippen molar-refractivity contribution in [3.8, 4) is 27.3 Å². The quantitative estimate of drug-likeness (QED) is 0.0478. The molecule has 5 N–H and O–H groups in total. The van der Waals surface area contributed by atoms with Gasteiger partial charge in [0.25, 0.3) is 5.91 Å². The van der Waals surface area contributed by atoms with E-state index in [2.05, 4.69) is 41.2 Å². The van der Waals surface area contributed by atoms with Gasteiger partial charge in [0, 0.05) is 50.0 Å². The van der Waals surface area contributed by atoms with Crippen LogP contribution in [0.2, 0.25) is 0 Å². The summed E-state index contributed by atoms with van der Waals surface area (Å²) in [5.41, 5.74) is 7.79. The molecule has 19 heteroatoms. The number of aryl methyl sites for hydroxylation is 2. The Morgan fingerprint density at radius 1 is 0.851 bits per heavy atom. The van der Waals surface area contributed by atoms with Gasteiger partial charge in [0.15, 0.2) is 5.13 Å². The van der Waals surface area contributed by atoms with Crippen LogP contribution in [0.25, 0.3) is 31.8 Å². The second kappa shape index (κ2) is 24.5. The second-order valence-corrected chi connectivity index (χ2v) is 22.0. The molecule has 1 saturated carbocycles. The van der Waals surface area contributed by atoms with Crippen molar-refractivity contribution in [3.63, 3.8) is 0 Å². The van der Waals surface area contributed by atoms with Crippen LogP contribution < -0.4 is 26.0 Å². The van der Waals surface area contributed by atoms with Crippen molar-refractivity contribution in [3.05, 3.63) is 101 Å². The fourth-order valence-electron chi connectivity index (χ4n) is 9.17. The van der Waals surface area contributed by atoms with E-state index in [1.165, 1.54) is 34.9 Å². The maximum absolute atomic E-state index is 14.2. The molecule has 6 aromatic rings. The summed E-state index contributed by atoms with van der Waals surface area (Å²) in [4.78, 5) is 87.1. The van der Waals surface area contributed by atoms with Crippen molar-refractivity contribution in [1.82, 2.24) is 35.5 Å². The first-order valence-corrected chi connectivity index (χ1v) is 27.1. The lowest BCUT2D eigenvalue weighted by molar-refractivity contribution is -0.142. The number of benzene rings is 2. The van der Waals surface area contributed by atoms with Crippen molar-refractivity contribution < 1.29 is 38.6 Å². The zero-order valence-electron chi connectivity index (χ0n) is 42.6. The minimum absolute atomic E-state index is 0.0415. The van der Waals surface area contributed by atoms with Crippen molar-refractivity contribution in [2.24, 2.45) is 5.41 Å². The van der Waals surface area contributed by atoms with Gasteiger partial charge >= 0.3 is 6.09 Å². The largest absolute Gasteiger partial charge is 0.493 e. The first-order valence-electron chi connectivity index (χ1n) is 25.4. The zero-order valence-corrected chi connectivity index (χ0v) is 44.2. The van der Waals surface area contributed by atoms with Gasteiger partial charge < -0.3 is 35.4 Å². The Labute approximate surface area is 439 Å². The van der Waals surface area contributed by atoms with Crippen LogP contribution in [0.3, 0.4) is 0 Å². The summed E-state index contributed by atoms with van der Waals surface area (Å²) in [5.74, 6) is -1.10. The Bertz CT molecular complexity index is 2950. The molecule has 390 valence electrons. The van der Waals surface area contributed by atoms with Crippen LogP contribution >= 0.6 is 22.7 Å². The molecule has 8 rings (SSSR count). The number of anilines is 2. The molecular weight excluding hydrogens is 979 g/mol. The number of nitrogens with one attached hydrogen (secondary N) is 4. The van der Waals surface area contributed by atoms with Crippen molar-refractivity contribution in [1.29, 1.82) is 0 Å². The molecule has 1 saturated heterocycles. The number of carbonyl (C=O) groups is 5. The topological polar surface area (TPSA) is 227 Å². The third kappa shape index (κ3) is 14.1. The van der Waals surface area contributed by atoms with Crippen molar-refractivity contribution in [2.75, 3.05) is 23.8 Å². The lowest BCUT2D eigenvalue weighted by Gasteiger charge is -2.35. The van der Waals surface area contributed by atoms with E-state index < -0.39 is 41.5 Å². The highest BCUT2D eigenvalue weighted by atomic mass is 32.1. The zero-order chi connectivity index (χ0) is 52.4. The Balaban J connectivity index is 0.756. The summed E-state index contributed by atoms with van der Waals surface area (Å²) in [6, 6.07) is 16.8. The standard InChI is InChI=1S/C55H65N9O8S2/c1-33-43(61-54(70)72-40-13-9-8-10-14-40)25-38(30-57-33)37-20-21-42-46(26-37)74-53(60-42)62-47(66)15-11-6-7-12-24-71-41-22-23-56-44(28-41)50(67)63-49(55(3,4)5)52(69)64-31-39(65)27-45(64)51(68)58-29-35-16-18-36(19-17-35)48-34(2)59-32-73-48/h16-23,25-26,28,30,32,39-40,45,49,65H,6-15,24,27,29,31H2,1-5H3,(H,58,68)(H,61,70)(H,63,67)(H,60,62,66)/t39-,45+,49-/m1/s1. The highest BCUT2D eigenvalue weighted by molar-refractivity contribution is 7.22. The number of ether oxygens (including phenoxy) is 2. The molecule has 1 aliphatic carbocycles. The van der Waals surface area contributed by atoms with Crippen LogP contribution in [0.1, 0.15) is 119 Å². The van der Waals surface area contributed by atoms with Gasteiger partial charge in [-0.25, -0.2) is 14.8 Å². The van der Waals surface area contributed by atoms with Crippen LogP contribution in [-0.4, -0.2) is 97.1 Å². The lowest BCUT2D eigenvalue weighted by atomic mass is 9.85. The van der Waals surface area contributed by atoms with Gasteiger partial charge in [0.05, 0.1) is 50.4 Å². The van der Waals surface area contributed by atoms with Crippen LogP contribution in [0.5, 0.6) is 5.75 Å². The molecule has 0 radical (unpaired) electrons. The van der Waals surface area contributed by atoms with Crippen molar-refractivity contribution >= 4 is 73.4 Å². The number of hydrogen-bond acceptors (Lipinski definition) is 14. The van der Waals surface area contributed by atoms with E-state index >= 15 is 0 Å². The van der Waals surface area contributed by atoms with E-state index in [4.69, 9.17) is 9.47 Å². The minimum Gasteiger partial charge on any atom is -0.493 e. The molecule has 5 heterocycles. The van der Waals surface area contributed by atoms with Crippen LogP contribution in [-0.2, 0) is 25.7 Å². The van der Waals surface area contributed by atoms with Gasteiger partial charge in [-0.05, 0) is 98.7 Å². The van der Waals surface area contributed by atoms with Gasteiger partial charge in [0.2, 0.25) is 17.7 Å². The normalized spacial score (nSPS) is 16.4. The molecule has 4 aromatic heterocycles. The Morgan fingerprint density at radius 3 is 2.38 bits per heavy atom. The number of rotatable bonds is 19. The average Bonchev–Trinajstić information content (AvgIpc) is 4.12. The molecule has 17 nitrogen and oxygen atoms in total. The molecule has 1 aliphatic heterocycles. The summed E-state index contributed by atoms with van der Waals surface area (Å²) >= 11 is 2.96. The number of β-amino-alcohol motifs (C(OH)–C–C–N with tert-alkyl or cyclic N) is 1. The fraction of sp³-hybridized carbons (Fsp3) is 0.436. The SMILES string of the molecule is Cc1ncc(-c2ccc3nc(NC(=O)CCCCCCOc4ccnc(C(=O)N[C@H](C(=O)N5C[C@H](O)C[C@H]5C(=O)NCc5ccc(-c6scnc6C)cc5)C(C)(C)C)c4)sc3c2)cc1NC(=O)OC1CCCCC1. The Morgan fingerprint density at radius 2 is 1.62 bits per heavy atom. The van der Waals surface area contributed by atoms with E-state index in [1.807, 2.05) is 88.7 Å². The predicted molar refractivity (Wildman–Crippen MR) is 287 cm³/mol. The number of unbranched alkanes of at least 4 members (excludes halogenated alkanes) is 3. The van der Waals surface area contributed by atoms with Crippen LogP contribution in [0.4, 0.5) is 15.6 Å². The molecule has 0 unspecified atom stereocenters. The molecule has 2 aromatic carbocycles. The van der Waals surface area contributed by atoms with Gasteiger partial charge in [0.1, 0.15) is 29.6 Å². The second-order valence-electron chi connectivity index (χ2n) is 20.1. The molecule has 2 fully saturated rings. The number of aliphatic hydroxyl groups is 1. The first kappa shape index (κ1) is 53.5. The molecule has 5 amide bonds. The summed E-state index contributed by atoms with van der Waals surface area (Å²) in [6.45, 7) is 9.87. The summed E-state index contributed by atoms with van der Waals surface area (Å²) in [5, 5.41) is 22.8. The summed E-state index contributed by atoms with van der Waals surface area (Å²) < 4.78 is 12.5. The van der Waals surface area contributed by atoms with Gasteiger partial charge in [-0.3, -0.25) is 34.5 Å². The van der Waals surface area contributed by atoms with E-state index in [0.29, 0.717) is 41.7 Å². The fourth-order valence-corrected chi connectivity index (χ4v) is 10.9. The van der Waals surface area contributed by atoms with Crippen LogP contribution in [0, 0.1) is 19.3 Å². The summed E-state index contributed by atoms with van der Waals surface area (Å²) in [6.07, 6.45) is 10.4. The number of pyridine rings is 2. The molecular formula is C55H65N9O8S2. The highest BCUT2D eigenvalue weighted by Crippen LogP contribution is 2.33. The Hall–Kier alpha value is -6.83. The third-order valence-corrected chi connectivity index (χ3v) is 15.2. The average molecular weight is 1040 g/mol. The maximum Gasteiger partial charge on any atom is 0.411 e. The maximum atomic E-state index is 14.2. The number of thiazole rings is 2. The minimum atomic E-state index is -1.03. The number of aromatic nitrogens is 4. The van der Waals surface area contributed by atoms with E-state index in [9.17, 15) is 29.1 Å². The van der Waals surface area contributed by atoms with E-state index in [-0.39, 0.29) is 43.1 Å². The lowest BCUT2D eigenvalue weighted by Crippen LogP contribution is -2.57. The molecule has 0 spiro atoms. The smallest absolute Gasteiger partial charge is 0.411 e. The molecule has 74 heavy (non-hydrogen) atoms. The number of fused-ring (bicyclic) bond motifs is 1. The van der Waals surface area contributed by atoms with Crippen molar-refractivity contribution in [2.45, 2.75) is 136 Å².